The lowest BCUT2D eigenvalue weighted by Crippen LogP contribution is -2.32. The van der Waals surface area contributed by atoms with Crippen LogP contribution in [0, 0.1) is 11.7 Å². The van der Waals surface area contributed by atoms with E-state index in [0.29, 0.717) is 24.0 Å². The Bertz CT molecular complexity index is 337. The largest absolute Gasteiger partial charge is 0.493 e. The zero-order chi connectivity index (χ0) is 10.7. The predicted octanol–water partition coefficient (Wildman–Crippen LogP) is 1.86. The third-order valence-electron chi connectivity index (χ3n) is 2.31. The number of halogens is 1. The van der Waals surface area contributed by atoms with Crippen molar-refractivity contribution in [2.24, 2.45) is 5.92 Å². The lowest BCUT2D eigenvalue weighted by molar-refractivity contribution is -0.0511. The molecule has 0 aromatic heterocycles. The molecule has 1 aromatic rings. The molecule has 1 aromatic carbocycles. The van der Waals surface area contributed by atoms with Crippen molar-refractivity contribution in [3.8, 4) is 11.5 Å². The Labute approximate surface area is 87.8 Å². The van der Waals surface area contributed by atoms with E-state index in [-0.39, 0.29) is 5.82 Å². The normalized spacial score (nSPS) is 15.9. The van der Waals surface area contributed by atoms with Crippen molar-refractivity contribution >= 4 is 0 Å². The fraction of sp³-hybridized carbons (Fsp3) is 0.455. The third-order valence-corrected chi connectivity index (χ3v) is 2.31. The summed E-state index contributed by atoms with van der Waals surface area (Å²) in [5.74, 6) is 1.09. The van der Waals surface area contributed by atoms with Gasteiger partial charge < -0.3 is 14.2 Å². The van der Waals surface area contributed by atoms with Crippen LogP contribution < -0.4 is 9.47 Å². The molecule has 0 radical (unpaired) electrons. The van der Waals surface area contributed by atoms with Gasteiger partial charge in [0.2, 0.25) is 0 Å². The minimum absolute atomic E-state index is 0.323. The van der Waals surface area contributed by atoms with Crippen molar-refractivity contribution in [1.82, 2.24) is 0 Å². The van der Waals surface area contributed by atoms with Gasteiger partial charge in [0.15, 0.2) is 11.5 Å². The van der Waals surface area contributed by atoms with Gasteiger partial charge in [0.05, 0.1) is 26.9 Å². The van der Waals surface area contributed by atoms with Gasteiger partial charge in [0, 0.05) is 12.0 Å². The molecule has 0 unspecified atom stereocenters. The van der Waals surface area contributed by atoms with E-state index in [1.165, 1.54) is 19.2 Å². The van der Waals surface area contributed by atoms with E-state index in [4.69, 9.17) is 14.2 Å². The Morgan fingerprint density at radius 3 is 2.80 bits per heavy atom. The first-order valence-corrected chi connectivity index (χ1v) is 4.83. The molecular formula is C11H13FO3. The molecule has 0 aliphatic carbocycles. The average Bonchev–Trinajstić information content (AvgIpc) is 2.16. The summed E-state index contributed by atoms with van der Waals surface area (Å²) in [5.41, 5.74) is 0. The van der Waals surface area contributed by atoms with Crippen LogP contribution in [0.1, 0.15) is 0 Å². The first kappa shape index (κ1) is 10.2. The Morgan fingerprint density at radius 2 is 2.20 bits per heavy atom. The molecule has 4 heteroatoms. The summed E-state index contributed by atoms with van der Waals surface area (Å²) in [6, 6.07) is 4.23. The van der Waals surface area contributed by atoms with Crippen molar-refractivity contribution < 1.29 is 18.6 Å². The van der Waals surface area contributed by atoms with E-state index < -0.39 is 0 Å². The van der Waals surface area contributed by atoms with Gasteiger partial charge >= 0.3 is 0 Å². The molecular weight excluding hydrogens is 199 g/mol. The van der Waals surface area contributed by atoms with Gasteiger partial charge in [-0.1, -0.05) is 0 Å². The van der Waals surface area contributed by atoms with E-state index in [1.54, 1.807) is 6.07 Å². The summed E-state index contributed by atoms with van der Waals surface area (Å²) in [6.07, 6.45) is 0. The molecule has 2 rings (SSSR count). The first-order valence-electron chi connectivity index (χ1n) is 4.83. The minimum Gasteiger partial charge on any atom is -0.493 e. The number of hydrogen-bond donors (Lipinski definition) is 0. The fourth-order valence-corrected chi connectivity index (χ4v) is 1.35. The highest BCUT2D eigenvalue weighted by Crippen LogP contribution is 2.28. The highest BCUT2D eigenvalue weighted by Gasteiger charge is 2.19. The van der Waals surface area contributed by atoms with Crippen LogP contribution in [0.15, 0.2) is 18.2 Å². The van der Waals surface area contributed by atoms with Gasteiger partial charge in [0.1, 0.15) is 5.82 Å². The van der Waals surface area contributed by atoms with Gasteiger partial charge in [-0.3, -0.25) is 0 Å². The Morgan fingerprint density at radius 1 is 1.40 bits per heavy atom. The quantitative estimate of drug-likeness (QED) is 0.762. The molecule has 1 aliphatic heterocycles. The molecule has 82 valence electrons. The van der Waals surface area contributed by atoms with Crippen molar-refractivity contribution in [3.05, 3.63) is 24.0 Å². The minimum atomic E-state index is -0.323. The maximum Gasteiger partial charge on any atom is 0.164 e. The molecule has 15 heavy (non-hydrogen) atoms. The Balaban J connectivity index is 2.00. The van der Waals surface area contributed by atoms with Crippen molar-refractivity contribution in [2.75, 3.05) is 26.9 Å². The van der Waals surface area contributed by atoms with Crippen LogP contribution in [0.25, 0.3) is 0 Å². The Hall–Kier alpha value is -1.29. The maximum absolute atomic E-state index is 12.9. The van der Waals surface area contributed by atoms with Gasteiger partial charge in [-0.25, -0.2) is 4.39 Å². The molecule has 1 heterocycles. The number of ether oxygens (including phenoxy) is 3. The van der Waals surface area contributed by atoms with Gasteiger partial charge in [0.25, 0.3) is 0 Å². The van der Waals surface area contributed by atoms with E-state index in [1.807, 2.05) is 0 Å². The summed E-state index contributed by atoms with van der Waals surface area (Å²) in [7, 11) is 1.53. The SMILES string of the molecule is COc1ccc(F)cc1OCC1COC1. The number of methoxy groups -OCH3 is 1. The standard InChI is InChI=1S/C11H13FO3/c1-13-10-3-2-9(12)4-11(10)15-7-8-5-14-6-8/h2-4,8H,5-7H2,1H3. The molecule has 0 N–H and O–H groups in total. The maximum atomic E-state index is 12.9. The zero-order valence-corrected chi connectivity index (χ0v) is 8.53. The lowest BCUT2D eigenvalue weighted by atomic mass is 10.1. The Kier molecular flexibility index (Phi) is 3.06. The second kappa shape index (κ2) is 4.49. The highest BCUT2D eigenvalue weighted by molar-refractivity contribution is 5.39. The van der Waals surface area contributed by atoms with E-state index >= 15 is 0 Å². The lowest BCUT2D eigenvalue weighted by Gasteiger charge is -2.26. The summed E-state index contributed by atoms with van der Waals surface area (Å²) in [5, 5.41) is 0. The first-order chi connectivity index (χ1) is 7.29. The second-order valence-electron chi connectivity index (χ2n) is 3.51. The molecule has 0 amide bonds. The van der Waals surface area contributed by atoms with Gasteiger partial charge in [-0.15, -0.1) is 0 Å². The molecule has 0 bridgehead atoms. The van der Waals surface area contributed by atoms with E-state index in [0.717, 1.165) is 13.2 Å². The topological polar surface area (TPSA) is 27.7 Å². The summed E-state index contributed by atoms with van der Waals surface area (Å²) >= 11 is 0. The molecule has 3 nitrogen and oxygen atoms in total. The molecule has 0 saturated carbocycles. The van der Waals surface area contributed by atoms with Gasteiger partial charge in [-0.05, 0) is 12.1 Å². The smallest absolute Gasteiger partial charge is 0.164 e. The second-order valence-corrected chi connectivity index (χ2v) is 3.51. The summed E-state index contributed by atoms with van der Waals surface area (Å²) in [6.45, 7) is 1.98. The van der Waals surface area contributed by atoms with Crippen LogP contribution in [0.4, 0.5) is 4.39 Å². The van der Waals surface area contributed by atoms with Crippen LogP contribution in [0.3, 0.4) is 0 Å². The van der Waals surface area contributed by atoms with Crippen LogP contribution in [-0.4, -0.2) is 26.9 Å². The van der Waals surface area contributed by atoms with E-state index in [2.05, 4.69) is 0 Å². The molecule has 1 saturated heterocycles. The van der Waals surface area contributed by atoms with Crippen molar-refractivity contribution in [3.63, 3.8) is 0 Å². The summed E-state index contributed by atoms with van der Waals surface area (Å²) in [4.78, 5) is 0. The van der Waals surface area contributed by atoms with E-state index in [9.17, 15) is 4.39 Å². The van der Waals surface area contributed by atoms with Crippen molar-refractivity contribution in [2.45, 2.75) is 0 Å². The van der Waals surface area contributed by atoms with Crippen molar-refractivity contribution in [1.29, 1.82) is 0 Å². The number of rotatable bonds is 4. The van der Waals surface area contributed by atoms with Crippen LogP contribution in [-0.2, 0) is 4.74 Å². The zero-order valence-electron chi connectivity index (χ0n) is 8.53. The molecule has 1 aliphatic rings. The number of benzene rings is 1. The molecule has 1 fully saturated rings. The molecule has 0 spiro atoms. The average molecular weight is 212 g/mol. The monoisotopic (exact) mass is 212 g/mol. The van der Waals surface area contributed by atoms with Crippen LogP contribution in [0.5, 0.6) is 11.5 Å². The van der Waals surface area contributed by atoms with Crippen LogP contribution in [0.2, 0.25) is 0 Å². The number of hydrogen-bond acceptors (Lipinski definition) is 3. The fourth-order valence-electron chi connectivity index (χ4n) is 1.35. The third kappa shape index (κ3) is 2.39. The predicted molar refractivity (Wildman–Crippen MR) is 52.8 cm³/mol. The summed E-state index contributed by atoms with van der Waals surface area (Å²) < 4.78 is 28.5. The highest BCUT2D eigenvalue weighted by atomic mass is 19.1. The van der Waals surface area contributed by atoms with Gasteiger partial charge in [-0.2, -0.15) is 0 Å². The van der Waals surface area contributed by atoms with Crippen LogP contribution >= 0.6 is 0 Å². The molecule has 0 atom stereocenters.